The third kappa shape index (κ3) is 4.09. The topological polar surface area (TPSA) is 37.8 Å². The van der Waals surface area contributed by atoms with Gasteiger partial charge in [0.25, 0.3) is 0 Å². The molecule has 1 N–H and O–H groups in total. The standard InChI is InChI=1S/C15H17Cl2N3/c1-3-6-18-14-7-10(2)19-15(20-14)8-11-4-5-12(16)9-13(11)17/h4-5,7,9H,3,6,8H2,1-2H3,(H,18,19,20). The van der Waals surface area contributed by atoms with E-state index >= 15 is 0 Å². The molecule has 0 bridgehead atoms. The highest BCUT2D eigenvalue weighted by atomic mass is 35.5. The van der Waals surface area contributed by atoms with Crippen LogP contribution in [0.2, 0.25) is 10.0 Å². The van der Waals surface area contributed by atoms with Crippen LogP contribution in [-0.2, 0) is 6.42 Å². The molecule has 0 aliphatic rings. The molecular weight excluding hydrogens is 293 g/mol. The molecule has 0 saturated carbocycles. The van der Waals surface area contributed by atoms with E-state index < -0.39 is 0 Å². The normalized spacial score (nSPS) is 10.6. The van der Waals surface area contributed by atoms with E-state index in [1.165, 1.54) is 0 Å². The minimum atomic E-state index is 0.596. The molecule has 1 heterocycles. The summed E-state index contributed by atoms with van der Waals surface area (Å²) in [5.41, 5.74) is 1.92. The summed E-state index contributed by atoms with van der Waals surface area (Å²) < 4.78 is 0. The number of halogens is 2. The first kappa shape index (κ1) is 15.1. The first-order chi connectivity index (χ1) is 9.58. The van der Waals surface area contributed by atoms with E-state index in [1.54, 1.807) is 6.07 Å². The van der Waals surface area contributed by atoms with Crippen molar-refractivity contribution in [2.45, 2.75) is 26.7 Å². The maximum absolute atomic E-state index is 6.19. The second-order valence-corrected chi connectivity index (χ2v) is 5.49. The molecule has 1 aromatic heterocycles. The minimum absolute atomic E-state index is 0.596. The number of anilines is 1. The minimum Gasteiger partial charge on any atom is -0.370 e. The average molecular weight is 310 g/mol. The fraction of sp³-hybridized carbons (Fsp3) is 0.333. The van der Waals surface area contributed by atoms with Crippen molar-refractivity contribution in [3.8, 4) is 0 Å². The summed E-state index contributed by atoms with van der Waals surface area (Å²) in [5, 5.41) is 4.56. The molecule has 5 heteroatoms. The maximum Gasteiger partial charge on any atom is 0.135 e. The summed E-state index contributed by atoms with van der Waals surface area (Å²) in [5.74, 6) is 1.62. The highest BCUT2D eigenvalue weighted by Gasteiger charge is 2.07. The summed E-state index contributed by atoms with van der Waals surface area (Å²) >= 11 is 12.1. The molecule has 106 valence electrons. The Bertz CT molecular complexity index is 600. The van der Waals surface area contributed by atoms with Gasteiger partial charge in [-0.05, 0) is 31.0 Å². The number of nitrogens with one attached hydrogen (secondary N) is 1. The summed E-state index contributed by atoms with van der Waals surface area (Å²) in [7, 11) is 0. The van der Waals surface area contributed by atoms with Gasteiger partial charge in [0.2, 0.25) is 0 Å². The Morgan fingerprint density at radius 1 is 1.15 bits per heavy atom. The average Bonchev–Trinajstić information content (AvgIpc) is 2.39. The van der Waals surface area contributed by atoms with Crippen molar-refractivity contribution in [1.82, 2.24) is 9.97 Å². The molecule has 0 unspecified atom stereocenters. The van der Waals surface area contributed by atoms with Gasteiger partial charge in [-0.3, -0.25) is 0 Å². The fourth-order valence-corrected chi connectivity index (χ4v) is 2.36. The molecule has 2 rings (SSSR count). The summed E-state index contributed by atoms with van der Waals surface area (Å²) in [6.07, 6.45) is 1.65. The molecule has 0 saturated heterocycles. The largest absolute Gasteiger partial charge is 0.370 e. The van der Waals surface area contributed by atoms with E-state index in [9.17, 15) is 0 Å². The summed E-state index contributed by atoms with van der Waals surface area (Å²) in [4.78, 5) is 8.97. The molecule has 0 atom stereocenters. The van der Waals surface area contributed by atoms with Gasteiger partial charge >= 0.3 is 0 Å². The van der Waals surface area contributed by atoms with Crippen molar-refractivity contribution in [3.63, 3.8) is 0 Å². The number of benzene rings is 1. The molecule has 0 aliphatic carbocycles. The van der Waals surface area contributed by atoms with Crippen LogP contribution in [0, 0.1) is 6.92 Å². The van der Waals surface area contributed by atoms with Crippen molar-refractivity contribution in [1.29, 1.82) is 0 Å². The Balaban J connectivity index is 2.21. The fourth-order valence-electron chi connectivity index (χ4n) is 1.89. The molecule has 3 nitrogen and oxygen atoms in total. The number of aryl methyl sites for hydroxylation is 1. The Labute approximate surface area is 129 Å². The van der Waals surface area contributed by atoms with E-state index in [0.717, 1.165) is 35.9 Å². The molecule has 0 aliphatic heterocycles. The summed E-state index contributed by atoms with van der Waals surface area (Å²) in [6, 6.07) is 7.43. The van der Waals surface area contributed by atoms with Gasteiger partial charge in [0.05, 0.1) is 0 Å². The van der Waals surface area contributed by atoms with Crippen LogP contribution < -0.4 is 5.32 Å². The zero-order valence-corrected chi connectivity index (χ0v) is 13.1. The van der Waals surface area contributed by atoms with Crippen LogP contribution >= 0.6 is 23.2 Å². The molecular formula is C15H17Cl2N3. The van der Waals surface area contributed by atoms with E-state index in [4.69, 9.17) is 23.2 Å². The monoisotopic (exact) mass is 309 g/mol. The van der Waals surface area contributed by atoms with Crippen LogP contribution in [0.1, 0.15) is 30.4 Å². The number of rotatable bonds is 5. The zero-order valence-electron chi connectivity index (χ0n) is 11.6. The molecule has 2 aromatic rings. The molecule has 20 heavy (non-hydrogen) atoms. The Morgan fingerprint density at radius 3 is 2.65 bits per heavy atom. The highest BCUT2D eigenvalue weighted by molar-refractivity contribution is 6.35. The van der Waals surface area contributed by atoms with Gasteiger partial charge in [-0.25, -0.2) is 9.97 Å². The van der Waals surface area contributed by atoms with Crippen LogP contribution in [0.3, 0.4) is 0 Å². The first-order valence-corrected chi connectivity index (χ1v) is 7.36. The number of hydrogen-bond donors (Lipinski definition) is 1. The lowest BCUT2D eigenvalue weighted by molar-refractivity contribution is 0.917. The van der Waals surface area contributed by atoms with Gasteiger partial charge in [0.1, 0.15) is 11.6 Å². The van der Waals surface area contributed by atoms with Crippen LogP contribution in [0.25, 0.3) is 0 Å². The zero-order chi connectivity index (χ0) is 14.5. The molecule has 0 spiro atoms. The van der Waals surface area contributed by atoms with Crippen molar-refractivity contribution >= 4 is 29.0 Å². The van der Waals surface area contributed by atoms with Gasteiger partial charge in [-0.1, -0.05) is 36.2 Å². The third-order valence-corrected chi connectivity index (χ3v) is 3.41. The predicted octanol–water partition coefficient (Wildman–Crippen LogP) is 4.50. The van der Waals surface area contributed by atoms with Crippen molar-refractivity contribution in [2.75, 3.05) is 11.9 Å². The molecule has 0 radical (unpaired) electrons. The number of nitrogens with zero attached hydrogens (tertiary/aromatic N) is 2. The van der Waals surface area contributed by atoms with Crippen molar-refractivity contribution < 1.29 is 0 Å². The van der Waals surface area contributed by atoms with Crippen molar-refractivity contribution in [3.05, 3.63) is 51.4 Å². The van der Waals surface area contributed by atoms with E-state index in [-0.39, 0.29) is 0 Å². The molecule has 0 fully saturated rings. The summed E-state index contributed by atoms with van der Waals surface area (Å²) in [6.45, 7) is 4.98. The van der Waals surface area contributed by atoms with Gasteiger partial charge in [-0.2, -0.15) is 0 Å². The Kier molecular flexibility index (Phi) is 5.21. The third-order valence-electron chi connectivity index (χ3n) is 2.82. The van der Waals surface area contributed by atoms with Gasteiger partial charge in [0, 0.05) is 34.8 Å². The lowest BCUT2D eigenvalue weighted by Gasteiger charge is -2.09. The van der Waals surface area contributed by atoms with E-state index in [0.29, 0.717) is 16.5 Å². The molecule has 1 aromatic carbocycles. The van der Waals surface area contributed by atoms with Gasteiger partial charge in [-0.15, -0.1) is 0 Å². The second kappa shape index (κ2) is 6.91. The number of hydrogen-bond acceptors (Lipinski definition) is 3. The van der Waals surface area contributed by atoms with Crippen LogP contribution in [-0.4, -0.2) is 16.5 Å². The van der Waals surface area contributed by atoms with E-state index in [2.05, 4.69) is 22.2 Å². The lowest BCUT2D eigenvalue weighted by Crippen LogP contribution is -2.06. The highest BCUT2D eigenvalue weighted by Crippen LogP contribution is 2.23. The van der Waals surface area contributed by atoms with Crippen LogP contribution in [0.4, 0.5) is 5.82 Å². The number of aromatic nitrogens is 2. The SMILES string of the molecule is CCCNc1cc(C)nc(Cc2ccc(Cl)cc2Cl)n1. The van der Waals surface area contributed by atoms with Crippen molar-refractivity contribution in [2.24, 2.45) is 0 Å². The Morgan fingerprint density at radius 2 is 1.95 bits per heavy atom. The first-order valence-electron chi connectivity index (χ1n) is 6.61. The van der Waals surface area contributed by atoms with Gasteiger partial charge in [0.15, 0.2) is 0 Å². The quantitative estimate of drug-likeness (QED) is 0.883. The second-order valence-electron chi connectivity index (χ2n) is 4.65. The van der Waals surface area contributed by atoms with E-state index in [1.807, 2.05) is 25.1 Å². The smallest absolute Gasteiger partial charge is 0.135 e. The van der Waals surface area contributed by atoms with Crippen LogP contribution in [0.15, 0.2) is 24.3 Å². The predicted molar refractivity (Wildman–Crippen MR) is 84.8 cm³/mol. The van der Waals surface area contributed by atoms with Gasteiger partial charge < -0.3 is 5.32 Å². The Hall–Kier alpha value is -1.32. The maximum atomic E-state index is 6.19. The lowest BCUT2D eigenvalue weighted by atomic mass is 10.1. The molecule has 0 amide bonds. The van der Waals surface area contributed by atoms with Crippen LogP contribution in [0.5, 0.6) is 0 Å².